The highest BCUT2D eigenvalue weighted by atomic mass is 14.9. The molecule has 0 aliphatic carbocycles. The van der Waals surface area contributed by atoms with Crippen LogP contribution >= 0.6 is 0 Å². The van der Waals surface area contributed by atoms with Crippen LogP contribution in [-0.4, -0.2) is 6.54 Å². The molecule has 0 spiro atoms. The van der Waals surface area contributed by atoms with Gasteiger partial charge in [0.05, 0.1) is 11.3 Å². The molecular weight excluding hydrogens is 234 g/mol. The first kappa shape index (κ1) is 13.0. The largest absolute Gasteiger partial charge is 0.398 e. The van der Waals surface area contributed by atoms with Crippen LogP contribution in [-0.2, 0) is 0 Å². The Kier molecular flexibility index (Phi) is 4.04. The van der Waals surface area contributed by atoms with Gasteiger partial charge in [0.1, 0.15) is 6.07 Å². The minimum Gasteiger partial charge on any atom is -0.398 e. The summed E-state index contributed by atoms with van der Waals surface area (Å²) < 4.78 is 0. The number of nitrogen functional groups attached to an aromatic ring is 1. The van der Waals surface area contributed by atoms with Crippen LogP contribution in [0.25, 0.3) is 0 Å². The highest BCUT2D eigenvalue weighted by Crippen LogP contribution is 2.19. The molecule has 0 saturated heterocycles. The van der Waals surface area contributed by atoms with Gasteiger partial charge >= 0.3 is 0 Å². The Morgan fingerprint density at radius 1 is 1.21 bits per heavy atom. The normalized spacial score (nSPS) is 11.6. The van der Waals surface area contributed by atoms with Gasteiger partial charge in [0.15, 0.2) is 0 Å². The monoisotopic (exact) mass is 251 g/mol. The molecular formula is C16H17N3. The van der Waals surface area contributed by atoms with E-state index in [2.05, 4.69) is 30.4 Å². The molecule has 3 N–H and O–H groups in total. The Balaban J connectivity index is 2.00. The van der Waals surface area contributed by atoms with Crippen LogP contribution in [0.4, 0.5) is 11.4 Å². The van der Waals surface area contributed by atoms with Crippen molar-refractivity contribution in [2.24, 2.45) is 0 Å². The van der Waals surface area contributed by atoms with Crippen molar-refractivity contribution in [3.05, 3.63) is 59.7 Å². The summed E-state index contributed by atoms with van der Waals surface area (Å²) in [5.74, 6) is 0.415. The minimum absolute atomic E-state index is 0.415. The van der Waals surface area contributed by atoms with Crippen molar-refractivity contribution in [1.29, 1.82) is 5.26 Å². The molecule has 0 aliphatic rings. The highest BCUT2D eigenvalue weighted by Gasteiger charge is 2.05. The number of anilines is 2. The van der Waals surface area contributed by atoms with E-state index in [0.717, 1.165) is 12.2 Å². The van der Waals surface area contributed by atoms with Gasteiger partial charge in [0, 0.05) is 12.2 Å². The maximum absolute atomic E-state index is 8.83. The molecule has 0 aliphatic heterocycles. The smallest absolute Gasteiger partial charge is 0.101 e. The summed E-state index contributed by atoms with van der Waals surface area (Å²) in [4.78, 5) is 0. The maximum atomic E-state index is 8.83. The maximum Gasteiger partial charge on any atom is 0.101 e. The van der Waals surface area contributed by atoms with E-state index in [1.165, 1.54) is 5.56 Å². The Hall–Kier alpha value is -2.47. The molecule has 0 saturated carbocycles. The van der Waals surface area contributed by atoms with Crippen molar-refractivity contribution in [3.63, 3.8) is 0 Å². The molecule has 96 valence electrons. The number of hydrogen-bond acceptors (Lipinski definition) is 3. The third-order valence-electron chi connectivity index (χ3n) is 3.15. The second kappa shape index (κ2) is 5.92. The average Bonchev–Trinajstić information content (AvgIpc) is 2.46. The van der Waals surface area contributed by atoms with Crippen molar-refractivity contribution in [2.75, 3.05) is 17.6 Å². The van der Waals surface area contributed by atoms with E-state index >= 15 is 0 Å². The molecule has 0 fully saturated rings. The zero-order valence-corrected chi connectivity index (χ0v) is 10.9. The number of benzene rings is 2. The number of rotatable bonds is 4. The average molecular weight is 251 g/mol. The lowest BCUT2D eigenvalue weighted by molar-refractivity contribution is 0.805. The third kappa shape index (κ3) is 3.26. The topological polar surface area (TPSA) is 61.8 Å². The summed E-state index contributed by atoms with van der Waals surface area (Å²) in [5.41, 5.74) is 9.06. The van der Waals surface area contributed by atoms with Gasteiger partial charge in [-0.2, -0.15) is 5.26 Å². The molecule has 19 heavy (non-hydrogen) atoms. The second-order valence-electron chi connectivity index (χ2n) is 4.61. The van der Waals surface area contributed by atoms with Gasteiger partial charge < -0.3 is 11.1 Å². The van der Waals surface area contributed by atoms with Gasteiger partial charge in [-0.05, 0) is 29.7 Å². The number of nitrogens with zero attached hydrogens (tertiary/aromatic N) is 1. The van der Waals surface area contributed by atoms with E-state index in [1.54, 1.807) is 12.1 Å². The predicted octanol–water partition coefficient (Wildman–Crippen LogP) is 3.36. The van der Waals surface area contributed by atoms with Crippen LogP contribution in [0.5, 0.6) is 0 Å². The van der Waals surface area contributed by atoms with Crippen molar-refractivity contribution < 1.29 is 0 Å². The van der Waals surface area contributed by atoms with Gasteiger partial charge in [-0.1, -0.05) is 37.3 Å². The lowest BCUT2D eigenvalue weighted by atomic mass is 10.0. The Morgan fingerprint density at radius 3 is 2.58 bits per heavy atom. The van der Waals surface area contributed by atoms with E-state index < -0.39 is 0 Å². The highest BCUT2D eigenvalue weighted by molar-refractivity contribution is 5.62. The van der Waals surface area contributed by atoms with Crippen molar-refractivity contribution in [1.82, 2.24) is 0 Å². The first-order valence-electron chi connectivity index (χ1n) is 6.29. The van der Waals surface area contributed by atoms with E-state index in [4.69, 9.17) is 11.0 Å². The van der Waals surface area contributed by atoms with Crippen molar-refractivity contribution >= 4 is 11.4 Å². The number of hydrogen-bond donors (Lipinski definition) is 2. The molecule has 2 rings (SSSR count). The van der Waals surface area contributed by atoms with Crippen molar-refractivity contribution in [2.45, 2.75) is 12.8 Å². The van der Waals surface area contributed by atoms with E-state index in [1.807, 2.05) is 24.3 Å². The third-order valence-corrected chi connectivity index (χ3v) is 3.15. The van der Waals surface area contributed by atoms with Crippen molar-refractivity contribution in [3.8, 4) is 6.07 Å². The number of nitrogens with two attached hydrogens (primary N) is 1. The van der Waals surface area contributed by atoms with Gasteiger partial charge in [-0.25, -0.2) is 0 Å². The quantitative estimate of drug-likeness (QED) is 0.819. The summed E-state index contributed by atoms with van der Waals surface area (Å²) in [6.45, 7) is 3.00. The van der Waals surface area contributed by atoms with Crippen LogP contribution < -0.4 is 11.1 Å². The Morgan fingerprint density at radius 2 is 1.95 bits per heavy atom. The molecule has 0 heterocycles. The molecule has 1 unspecified atom stereocenters. The number of nitrogens with one attached hydrogen (secondary N) is 1. The fourth-order valence-corrected chi connectivity index (χ4v) is 1.94. The minimum atomic E-state index is 0.415. The fraction of sp³-hybridized carbons (Fsp3) is 0.188. The van der Waals surface area contributed by atoms with Crippen LogP contribution in [0.15, 0.2) is 48.5 Å². The van der Waals surface area contributed by atoms with Gasteiger partial charge in [-0.3, -0.25) is 0 Å². The molecule has 3 heteroatoms. The fourth-order valence-electron chi connectivity index (χ4n) is 1.94. The molecule has 0 aromatic heterocycles. The molecule has 0 amide bonds. The SMILES string of the molecule is CC(CNc1ccc(C#N)c(N)c1)c1ccccc1. The predicted molar refractivity (Wildman–Crippen MR) is 78.9 cm³/mol. The lowest BCUT2D eigenvalue weighted by Gasteiger charge is -2.14. The zero-order chi connectivity index (χ0) is 13.7. The van der Waals surface area contributed by atoms with Gasteiger partial charge in [0.2, 0.25) is 0 Å². The van der Waals surface area contributed by atoms with Crippen LogP contribution in [0.2, 0.25) is 0 Å². The van der Waals surface area contributed by atoms with Crippen LogP contribution in [0, 0.1) is 11.3 Å². The molecule has 0 radical (unpaired) electrons. The first-order chi connectivity index (χ1) is 9.20. The summed E-state index contributed by atoms with van der Waals surface area (Å²) in [6, 6.07) is 17.8. The molecule has 1 atom stereocenters. The standard InChI is InChI=1S/C16H17N3/c1-12(13-5-3-2-4-6-13)11-19-15-8-7-14(10-17)16(18)9-15/h2-9,12,19H,11,18H2,1H3. The molecule has 2 aromatic carbocycles. The molecule has 0 bridgehead atoms. The molecule has 3 nitrogen and oxygen atoms in total. The summed E-state index contributed by atoms with van der Waals surface area (Å²) in [6.07, 6.45) is 0. The second-order valence-corrected chi connectivity index (χ2v) is 4.61. The van der Waals surface area contributed by atoms with E-state index in [9.17, 15) is 0 Å². The van der Waals surface area contributed by atoms with E-state index in [0.29, 0.717) is 17.2 Å². The first-order valence-corrected chi connectivity index (χ1v) is 6.29. The van der Waals surface area contributed by atoms with E-state index in [-0.39, 0.29) is 0 Å². The zero-order valence-electron chi connectivity index (χ0n) is 10.9. The van der Waals surface area contributed by atoms with Crippen LogP contribution in [0.3, 0.4) is 0 Å². The van der Waals surface area contributed by atoms with Gasteiger partial charge in [-0.15, -0.1) is 0 Å². The number of nitriles is 1. The summed E-state index contributed by atoms with van der Waals surface area (Å²) >= 11 is 0. The lowest BCUT2D eigenvalue weighted by Crippen LogP contribution is -2.10. The molecule has 2 aromatic rings. The summed E-state index contributed by atoms with van der Waals surface area (Å²) in [7, 11) is 0. The Bertz CT molecular complexity index is 585. The summed E-state index contributed by atoms with van der Waals surface area (Å²) in [5, 5.41) is 12.2. The van der Waals surface area contributed by atoms with Gasteiger partial charge in [0.25, 0.3) is 0 Å². The van der Waals surface area contributed by atoms with Crippen LogP contribution in [0.1, 0.15) is 24.0 Å². The Labute approximate surface area is 113 Å².